The number of ether oxygens (including phenoxy) is 2. The van der Waals surface area contributed by atoms with E-state index in [1.54, 1.807) is 42.8 Å². The summed E-state index contributed by atoms with van der Waals surface area (Å²) in [7, 11) is -0.299. The van der Waals surface area contributed by atoms with E-state index >= 15 is 0 Å². The van der Waals surface area contributed by atoms with Gasteiger partial charge in [0.15, 0.2) is 5.82 Å². The molecule has 2 aromatic rings. The lowest BCUT2D eigenvalue weighted by Gasteiger charge is -2.40. The maximum atomic E-state index is 13.1. The van der Waals surface area contributed by atoms with Gasteiger partial charge < -0.3 is 14.0 Å². The number of sulfonamides is 1. The molecule has 0 saturated carbocycles. The monoisotopic (exact) mass is 420 g/mol. The lowest BCUT2D eigenvalue weighted by Crippen LogP contribution is -2.43. The highest BCUT2D eigenvalue weighted by molar-refractivity contribution is 7.89. The molecule has 0 amide bonds. The van der Waals surface area contributed by atoms with Crippen molar-refractivity contribution >= 4 is 10.0 Å². The fourth-order valence-corrected chi connectivity index (χ4v) is 5.99. The third-order valence-corrected chi connectivity index (χ3v) is 8.28. The summed E-state index contributed by atoms with van der Waals surface area (Å²) in [6, 6.07) is 6.70. The Balaban J connectivity index is 1.45. The van der Waals surface area contributed by atoms with Crippen molar-refractivity contribution in [2.75, 3.05) is 27.3 Å². The third-order valence-electron chi connectivity index (χ3n) is 6.38. The van der Waals surface area contributed by atoms with Crippen molar-refractivity contribution in [1.29, 1.82) is 0 Å². The van der Waals surface area contributed by atoms with Crippen molar-refractivity contribution in [3.05, 3.63) is 35.9 Å². The minimum atomic E-state index is -3.51. The van der Waals surface area contributed by atoms with E-state index in [0.29, 0.717) is 30.3 Å². The molecule has 4 rings (SSSR count). The Labute approximate surface area is 171 Å². The summed E-state index contributed by atoms with van der Waals surface area (Å²) in [6.45, 7) is 2.42. The van der Waals surface area contributed by atoms with E-state index in [9.17, 15) is 8.42 Å². The Hall–Kier alpha value is -1.97. The Morgan fingerprint density at radius 3 is 2.55 bits per heavy atom. The molecule has 0 N–H and O–H groups in total. The Morgan fingerprint density at radius 2 is 1.83 bits per heavy atom. The lowest BCUT2D eigenvalue weighted by atomic mass is 9.73. The molecule has 0 aliphatic carbocycles. The minimum Gasteiger partial charge on any atom is -0.497 e. The van der Waals surface area contributed by atoms with Crippen LogP contribution in [0.4, 0.5) is 0 Å². The van der Waals surface area contributed by atoms with Crippen molar-refractivity contribution in [3.63, 3.8) is 0 Å². The summed E-state index contributed by atoms with van der Waals surface area (Å²) in [5, 5.41) is 8.58. The predicted octanol–water partition coefficient (Wildman–Crippen LogP) is 2.24. The molecule has 1 aromatic heterocycles. The van der Waals surface area contributed by atoms with Gasteiger partial charge in [-0.15, -0.1) is 10.2 Å². The molecule has 0 radical (unpaired) electrons. The van der Waals surface area contributed by atoms with Gasteiger partial charge in [0.1, 0.15) is 18.2 Å². The SMILES string of the molecule is COCc1nnc2n1CCC1(CC2)CCN(S(=O)(=O)c2cccc(OC)c2)CC1. The second kappa shape index (κ2) is 8.04. The third kappa shape index (κ3) is 3.91. The normalized spacial score (nSPS) is 19.7. The van der Waals surface area contributed by atoms with Crippen LogP contribution in [0, 0.1) is 5.41 Å². The van der Waals surface area contributed by atoms with Crippen LogP contribution >= 0.6 is 0 Å². The van der Waals surface area contributed by atoms with Crippen LogP contribution in [0.3, 0.4) is 0 Å². The molecule has 29 heavy (non-hydrogen) atoms. The molecular weight excluding hydrogens is 392 g/mol. The summed E-state index contributed by atoms with van der Waals surface area (Å²) >= 11 is 0. The number of methoxy groups -OCH3 is 2. The zero-order valence-electron chi connectivity index (χ0n) is 17.0. The number of aryl methyl sites for hydroxylation is 1. The van der Waals surface area contributed by atoms with Gasteiger partial charge in [0, 0.05) is 39.2 Å². The number of nitrogens with zero attached hydrogens (tertiary/aromatic N) is 4. The van der Waals surface area contributed by atoms with E-state index in [1.165, 1.54) is 0 Å². The van der Waals surface area contributed by atoms with Gasteiger partial charge in [-0.3, -0.25) is 0 Å². The number of hydrogen-bond donors (Lipinski definition) is 0. The Bertz CT molecular complexity index is 965. The topological polar surface area (TPSA) is 86.6 Å². The fraction of sp³-hybridized carbons (Fsp3) is 0.600. The summed E-state index contributed by atoms with van der Waals surface area (Å²) in [4.78, 5) is 0.295. The fourth-order valence-electron chi connectivity index (χ4n) is 4.51. The van der Waals surface area contributed by atoms with Crippen LogP contribution in [0.5, 0.6) is 5.75 Å². The van der Waals surface area contributed by atoms with E-state index in [2.05, 4.69) is 14.8 Å². The molecule has 0 unspecified atom stereocenters. The first-order chi connectivity index (χ1) is 14.0. The second-order valence-corrected chi connectivity index (χ2v) is 9.89. The molecule has 2 aliphatic heterocycles. The highest BCUT2D eigenvalue weighted by Crippen LogP contribution is 2.42. The molecule has 158 valence electrons. The standard InChI is InChI=1S/C20H28N4O4S/c1-27-15-19-22-21-18-6-7-20(10-13-24(18)19)8-11-23(12-9-20)29(25,26)17-5-3-4-16(14-17)28-2/h3-5,14H,6-13,15H2,1-2H3. The molecule has 1 spiro atoms. The summed E-state index contributed by atoms with van der Waals surface area (Å²) in [6.07, 6.45) is 4.65. The van der Waals surface area contributed by atoms with Gasteiger partial charge in [-0.25, -0.2) is 8.42 Å². The molecular formula is C20H28N4O4S. The largest absolute Gasteiger partial charge is 0.497 e. The first kappa shape index (κ1) is 20.3. The highest BCUT2D eigenvalue weighted by Gasteiger charge is 2.40. The zero-order valence-corrected chi connectivity index (χ0v) is 17.8. The summed E-state index contributed by atoms with van der Waals surface area (Å²) < 4.78 is 40.4. The number of piperidine rings is 1. The number of benzene rings is 1. The van der Waals surface area contributed by atoms with Gasteiger partial charge in [-0.2, -0.15) is 4.31 Å². The van der Waals surface area contributed by atoms with Gasteiger partial charge in [0.25, 0.3) is 0 Å². The summed E-state index contributed by atoms with van der Waals surface area (Å²) in [5.74, 6) is 2.44. The van der Waals surface area contributed by atoms with Crippen LogP contribution in [0.1, 0.15) is 37.3 Å². The Kier molecular flexibility index (Phi) is 5.63. The van der Waals surface area contributed by atoms with Gasteiger partial charge >= 0.3 is 0 Å². The van der Waals surface area contributed by atoms with Crippen LogP contribution in [-0.2, 0) is 34.3 Å². The van der Waals surface area contributed by atoms with Crippen LogP contribution in [0.2, 0.25) is 0 Å². The molecule has 0 bridgehead atoms. The molecule has 1 saturated heterocycles. The van der Waals surface area contributed by atoms with Crippen molar-refractivity contribution in [1.82, 2.24) is 19.1 Å². The average Bonchev–Trinajstić information content (AvgIpc) is 3.04. The van der Waals surface area contributed by atoms with E-state index in [1.807, 2.05) is 0 Å². The van der Waals surface area contributed by atoms with Crippen LogP contribution in [-0.4, -0.2) is 54.8 Å². The van der Waals surface area contributed by atoms with Gasteiger partial charge in [-0.05, 0) is 43.2 Å². The van der Waals surface area contributed by atoms with Gasteiger partial charge in [-0.1, -0.05) is 6.07 Å². The van der Waals surface area contributed by atoms with Crippen molar-refractivity contribution in [2.45, 2.75) is 50.2 Å². The zero-order chi connectivity index (χ0) is 20.5. The number of hydrogen-bond acceptors (Lipinski definition) is 6. The van der Waals surface area contributed by atoms with Crippen LogP contribution in [0.15, 0.2) is 29.2 Å². The van der Waals surface area contributed by atoms with Crippen LogP contribution in [0.25, 0.3) is 0 Å². The van der Waals surface area contributed by atoms with Crippen molar-refractivity contribution < 1.29 is 17.9 Å². The molecule has 1 aromatic carbocycles. The summed E-state index contributed by atoms with van der Waals surface area (Å²) in [5.41, 5.74) is 0.158. The number of rotatable bonds is 5. The van der Waals surface area contributed by atoms with E-state index in [-0.39, 0.29) is 5.41 Å². The number of aromatic nitrogens is 3. The molecule has 8 nitrogen and oxygen atoms in total. The molecule has 2 aliphatic rings. The van der Waals surface area contributed by atoms with E-state index < -0.39 is 10.0 Å². The minimum absolute atomic E-state index is 0.158. The van der Waals surface area contributed by atoms with E-state index in [0.717, 1.165) is 50.3 Å². The van der Waals surface area contributed by atoms with Gasteiger partial charge in [0.05, 0.1) is 12.0 Å². The van der Waals surface area contributed by atoms with Gasteiger partial charge in [0.2, 0.25) is 10.0 Å². The maximum absolute atomic E-state index is 13.1. The first-order valence-corrected chi connectivity index (χ1v) is 11.5. The second-order valence-electron chi connectivity index (χ2n) is 7.95. The quantitative estimate of drug-likeness (QED) is 0.737. The molecule has 9 heteroatoms. The molecule has 1 fully saturated rings. The van der Waals surface area contributed by atoms with Crippen molar-refractivity contribution in [2.24, 2.45) is 5.41 Å². The van der Waals surface area contributed by atoms with Crippen LogP contribution < -0.4 is 4.74 Å². The molecule has 0 atom stereocenters. The number of fused-ring (bicyclic) bond motifs is 1. The average molecular weight is 421 g/mol. The van der Waals surface area contributed by atoms with Crippen molar-refractivity contribution in [3.8, 4) is 5.75 Å². The lowest BCUT2D eigenvalue weighted by molar-refractivity contribution is 0.127. The van der Waals surface area contributed by atoms with E-state index in [4.69, 9.17) is 9.47 Å². The Morgan fingerprint density at radius 1 is 1.07 bits per heavy atom. The smallest absolute Gasteiger partial charge is 0.243 e. The predicted molar refractivity (Wildman–Crippen MR) is 107 cm³/mol. The molecule has 3 heterocycles. The highest BCUT2D eigenvalue weighted by atomic mass is 32.2. The first-order valence-electron chi connectivity index (χ1n) is 10.0. The maximum Gasteiger partial charge on any atom is 0.243 e.